The Morgan fingerprint density at radius 2 is 1.95 bits per heavy atom. The summed E-state index contributed by atoms with van der Waals surface area (Å²) in [6.45, 7) is 5.31. The number of carboxylic acids is 1. The summed E-state index contributed by atoms with van der Waals surface area (Å²) in [6, 6.07) is -0.544. The number of carbonyl (C=O) groups is 2. The molecule has 6 heteroatoms. The molecule has 0 aromatic heterocycles. The van der Waals surface area contributed by atoms with E-state index in [0.29, 0.717) is 19.6 Å². The normalized spacial score (nSPS) is 22.6. The van der Waals surface area contributed by atoms with E-state index in [9.17, 15) is 14.7 Å². The van der Waals surface area contributed by atoms with Gasteiger partial charge in [-0.3, -0.25) is 4.79 Å². The zero-order valence-corrected chi connectivity index (χ0v) is 13.3. The second kappa shape index (κ2) is 8.22. The molecule has 3 N–H and O–H groups in total. The molecule has 1 saturated carbocycles. The molecule has 0 radical (unpaired) electrons. The summed E-state index contributed by atoms with van der Waals surface area (Å²) >= 11 is 0. The summed E-state index contributed by atoms with van der Waals surface area (Å²) < 4.78 is 5.05. The predicted octanol–water partition coefficient (Wildman–Crippen LogP) is 1.99. The highest BCUT2D eigenvalue weighted by Gasteiger charge is 2.32. The second-order valence-electron chi connectivity index (χ2n) is 6.57. The fourth-order valence-corrected chi connectivity index (χ4v) is 2.60. The molecule has 0 heterocycles. The van der Waals surface area contributed by atoms with Gasteiger partial charge in [0.05, 0.1) is 5.92 Å². The van der Waals surface area contributed by atoms with E-state index in [1.54, 1.807) is 7.11 Å². The molecule has 1 rings (SSSR count). The fraction of sp³-hybridized carbons (Fsp3) is 0.867. The molecule has 1 fully saturated rings. The summed E-state index contributed by atoms with van der Waals surface area (Å²) in [5, 5.41) is 14.8. The van der Waals surface area contributed by atoms with Crippen LogP contribution in [0, 0.1) is 11.3 Å². The lowest BCUT2D eigenvalue weighted by Gasteiger charge is -2.30. The highest BCUT2D eigenvalue weighted by Crippen LogP contribution is 2.24. The van der Waals surface area contributed by atoms with Crippen molar-refractivity contribution in [1.82, 2.24) is 10.6 Å². The largest absolute Gasteiger partial charge is 0.481 e. The molecule has 0 bridgehead atoms. The molecule has 1 aliphatic carbocycles. The third kappa shape index (κ3) is 6.33. The van der Waals surface area contributed by atoms with Crippen molar-refractivity contribution >= 4 is 12.0 Å². The van der Waals surface area contributed by atoms with Gasteiger partial charge < -0.3 is 20.5 Å². The number of amides is 2. The van der Waals surface area contributed by atoms with Gasteiger partial charge in [-0.2, -0.15) is 0 Å². The lowest BCUT2D eigenvalue weighted by Crippen LogP contribution is -2.50. The molecule has 0 aliphatic heterocycles. The van der Waals surface area contributed by atoms with Crippen molar-refractivity contribution < 1.29 is 19.4 Å². The van der Waals surface area contributed by atoms with Crippen LogP contribution in [0.25, 0.3) is 0 Å². The van der Waals surface area contributed by atoms with Crippen LogP contribution < -0.4 is 10.6 Å². The number of urea groups is 1. The summed E-state index contributed by atoms with van der Waals surface area (Å²) in [5.74, 6) is -1.29. The van der Waals surface area contributed by atoms with E-state index in [-0.39, 0.29) is 17.5 Å². The number of nitrogens with one attached hydrogen (secondary N) is 2. The van der Waals surface area contributed by atoms with Gasteiger partial charge in [0.2, 0.25) is 0 Å². The zero-order valence-electron chi connectivity index (χ0n) is 13.3. The van der Waals surface area contributed by atoms with Crippen LogP contribution in [0.4, 0.5) is 4.79 Å². The topological polar surface area (TPSA) is 87.7 Å². The molecule has 2 amide bonds. The first-order valence-corrected chi connectivity index (χ1v) is 7.62. The van der Waals surface area contributed by atoms with Gasteiger partial charge in [-0.1, -0.05) is 26.7 Å². The van der Waals surface area contributed by atoms with Gasteiger partial charge in [0, 0.05) is 26.3 Å². The quantitative estimate of drug-likeness (QED) is 0.671. The Labute approximate surface area is 126 Å². The monoisotopic (exact) mass is 300 g/mol. The van der Waals surface area contributed by atoms with E-state index in [0.717, 1.165) is 25.7 Å². The molecule has 0 aromatic rings. The van der Waals surface area contributed by atoms with Crippen molar-refractivity contribution in [3.63, 3.8) is 0 Å². The van der Waals surface area contributed by atoms with E-state index in [1.165, 1.54) is 0 Å². The van der Waals surface area contributed by atoms with E-state index in [1.807, 2.05) is 0 Å². The van der Waals surface area contributed by atoms with Crippen molar-refractivity contribution in [2.45, 2.75) is 52.0 Å². The van der Waals surface area contributed by atoms with Crippen LogP contribution in [0.5, 0.6) is 0 Å². The Hall–Kier alpha value is -1.30. The van der Waals surface area contributed by atoms with Crippen molar-refractivity contribution in [2.75, 3.05) is 20.3 Å². The first-order chi connectivity index (χ1) is 9.85. The minimum absolute atomic E-state index is 0.0495. The first-order valence-electron chi connectivity index (χ1n) is 7.62. The van der Waals surface area contributed by atoms with Gasteiger partial charge in [0.25, 0.3) is 0 Å². The summed E-state index contributed by atoms with van der Waals surface area (Å²) in [4.78, 5) is 23.1. The van der Waals surface area contributed by atoms with Crippen molar-refractivity contribution in [3.05, 3.63) is 0 Å². The van der Waals surface area contributed by atoms with Gasteiger partial charge in [-0.05, 0) is 24.7 Å². The number of carbonyl (C=O) groups excluding carboxylic acids is 1. The maximum atomic E-state index is 12.0. The maximum absolute atomic E-state index is 12.0. The summed E-state index contributed by atoms with van der Waals surface area (Å²) in [7, 11) is 1.66. The third-order valence-electron chi connectivity index (χ3n) is 4.11. The number of aliphatic carboxylic acids is 1. The molecule has 0 aromatic carbocycles. The van der Waals surface area contributed by atoms with Crippen molar-refractivity contribution in [1.29, 1.82) is 0 Å². The Balaban J connectivity index is 2.40. The van der Waals surface area contributed by atoms with Crippen LogP contribution in [0.2, 0.25) is 0 Å². The van der Waals surface area contributed by atoms with E-state index < -0.39 is 11.9 Å². The predicted molar refractivity (Wildman–Crippen MR) is 80.2 cm³/mol. The first kappa shape index (κ1) is 17.8. The number of hydrogen-bond donors (Lipinski definition) is 3. The van der Waals surface area contributed by atoms with Crippen molar-refractivity contribution in [3.8, 4) is 0 Å². The fourth-order valence-electron chi connectivity index (χ4n) is 2.60. The lowest BCUT2D eigenvalue weighted by molar-refractivity contribution is -0.143. The van der Waals surface area contributed by atoms with Gasteiger partial charge in [0.15, 0.2) is 0 Å². The average Bonchev–Trinajstić information content (AvgIpc) is 2.43. The maximum Gasteiger partial charge on any atom is 0.315 e. The minimum atomic E-state index is -0.819. The van der Waals surface area contributed by atoms with E-state index >= 15 is 0 Å². The van der Waals surface area contributed by atoms with Crippen LogP contribution in [-0.4, -0.2) is 43.4 Å². The van der Waals surface area contributed by atoms with Crippen molar-refractivity contribution in [2.24, 2.45) is 11.3 Å². The molecule has 0 spiro atoms. The van der Waals surface area contributed by atoms with Crippen LogP contribution in [0.3, 0.4) is 0 Å². The Morgan fingerprint density at radius 1 is 1.29 bits per heavy atom. The van der Waals surface area contributed by atoms with Crippen LogP contribution in [0.15, 0.2) is 0 Å². The van der Waals surface area contributed by atoms with E-state index in [4.69, 9.17) is 4.74 Å². The number of carboxylic acid groups (broad SMARTS) is 1. The molecule has 21 heavy (non-hydrogen) atoms. The average molecular weight is 300 g/mol. The van der Waals surface area contributed by atoms with Gasteiger partial charge >= 0.3 is 12.0 Å². The molecular weight excluding hydrogens is 272 g/mol. The Morgan fingerprint density at radius 3 is 2.57 bits per heavy atom. The molecule has 1 aliphatic rings. The third-order valence-corrected chi connectivity index (χ3v) is 4.11. The smallest absolute Gasteiger partial charge is 0.315 e. The summed E-state index contributed by atoms with van der Waals surface area (Å²) in [5.41, 5.74) is -0.0495. The molecule has 2 unspecified atom stereocenters. The van der Waals surface area contributed by atoms with Crippen LogP contribution in [0.1, 0.15) is 46.0 Å². The molecular formula is C15H28N2O4. The second-order valence-corrected chi connectivity index (χ2v) is 6.57. The Bertz CT molecular complexity index is 358. The van der Waals surface area contributed by atoms with Gasteiger partial charge in [-0.25, -0.2) is 4.79 Å². The van der Waals surface area contributed by atoms with Crippen LogP contribution in [-0.2, 0) is 9.53 Å². The number of ether oxygens (including phenoxy) is 1. The summed E-state index contributed by atoms with van der Waals surface area (Å²) in [6.07, 6.45) is 4.11. The van der Waals surface area contributed by atoms with Gasteiger partial charge in [0.1, 0.15) is 0 Å². The molecule has 0 saturated heterocycles. The van der Waals surface area contributed by atoms with Crippen LogP contribution >= 0.6 is 0 Å². The molecule has 6 nitrogen and oxygen atoms in total. The highest BCUT2D eigenvalue weighted by molar-refractivity contribution is 5.76. The number of rotatable bonds is 7. The lowest BCUT2D eigenvalue weighted by atomic mass is 9.84. The van der Waals surface area contributed by atoms with E-state index in [2.05, 4.69) is 24.5 Å². The Kier molecular flexibility index (Phi) is 6.95. The minimum Gasteiger partial charge on any atom is -0.481 e. The number of hydrogen-bond acceptors (Lipinski definition) is 3. The molecule has 122 valence electrons. The SMILES string of the molecule is COCCC(C)(C)CNC(=O)NC1CCCCC1C(=O)O. The highest BCUT2D eigenvalue weighted by atomic mass is 16.5. The van der Waals surface area contributed by atoms with Gasteiger partial charge in [-0.15, -0.1) is 0 Å². The standard InChI is InChI=1S/C15H28N2O4/c1-15(2,8-9-21-3)10-16-14(20)17-12-7-5-4-6-11(12)13(18)19/h11-12H,4-10H2,1-3H3,(H,18,19)(H2,16,17,20). The molecule has 2 atom stereocenters. The number of methoxy groups -OCH3 is 1. The zero-order chi connectivity index (χ0) is 15.9.